The van der Waals surface area contributed by atoms with Crippen LogP contribution in [0.3, 0.4) is 0 Å². The Morgan fingerprint density at radius 3 is 2.86 bits per heavy atom. The number of benzene rings is 1. The summed E-state index contributed by atoms with van der Waals surface area (Å²) in [6, 6.07) is 8.16. The van der Waals surface area contributed by atoms with Crippen molar-refractivity contribution in [1.82, 2.24) is 15.3 Å². The van der Waals surface area contributed by atoms with Gasteiger partial charge in [-0.25, -0.2) is 4.98 Å². The molecule has 5 nitrogen and oxygen atoms in total. The van der Waals surface area contributed by atoms with Crippen molar-refractivity contribution < 1.29 is 4.74 Å². The first kappa shape index (κ1) is 13.8. The lowest BCUT2D eigenvalue weighted by Crippen LogP contribution is -2.16. The number of aromatic nitrogens is 2. The maximum Gasteiger partial charge on any atom is 0.230 e. The van der Waals surface area contributed by atoms with Gasteiger partial charge in [0.15, 0.2) is 0 Å². The third kappa shape index (κ3) is 3.13. The number of rotatable bonds is 3. The van der Waals surface area contributed by atoms with Crippen LogP contribution in [-0.4, -0.2) is 30.2 Å². The first-order valence-corrected chi connectivity index (χ1v) is 7.24. The van der Waals surface area contributed by atoms with Gasteiger partial charge in [-0.1, -0.05) is 12.1 Å². The van der Waals surface area contributed by atoms with Gasteiger partial charge in [-0.05, 0) is 37.6 Å². The monoisotopic (exact) mass is 284 g/mol. The van der Waals surface area contributed by atoms with Crippen LogP contribution < -0.4 is 15.4 Å². The van der Waals surface area contributed by atoms with Gasteiger partial charge in [-0.15, -0.1) is 0 Å². The van der Waals surface area contributed by atoms with Crippen LogP contribution in [0.5, 0.6) is 5.88 Å². The molecule has 0 saturated heterocycles. The summed E-state index contributed by atoms with van der Waals surface area (Å²) in [4.78, 5) is 9.16. The van der Waals surface area contributed by atoms with E-state index in [1.54, 1.807) is 7.11 Å². The summed E-state index contributed by atoms with van der Waals surface area (Å²) in [5.74, 6) is 1.27. The molecule has 2 N–H and O–H groups in total. The van der Waals surface area contributed by atoms with Gasteiger partial charge in [0.25, 0.3) is 0 Å². The van der Waals surface area contributed by atoms with Crippen LogP contribution in [0.15, 0.2) is 24.3 Å². The van der Waals surface area contributed by atoms with E-state index in [9.17, 15) is 0 Å². The molecular formula is C16H20N4O. The Balaban J connectivity index is 1.94. The molecule has 1 aliphatic rings. The fourth-order valence-corrected chi connectivity index (χ4v) is 2.59. The molecule has 1 aromatic heterocycles. The topological polar surface area (TPSA) is 59.1 Å². The lowest BCUT2D eigenvalue weighted by Gasteiger charge is -2.13. The predicted molar refractivity (Wildman–Crippen MR) is 83.3 cm³/mol. The molecule has 0 atom stereocenters. The van der Waals surface area contributed by atoms with Gasteiger partial charge in [0.05, 0.1) is 12.8 Å². The van der Waals surface area contributed by atoms with Crippen molar-refractivity contribution in [1.29, 1.82) is 0 Å². The van der Waals surface area contributed by atoms with E-state index in [1.165, 1.54) is 5.56 Å². The summed E-state index contributed by atoms with van der Waals surface area (Å²) in [5, 5.41) is 6.65. The molecule has 3 rings (SSSR count). The van der Waals surface area contributed by atoms with Crippen molar-refractivity contribution in [3.05, 3.63) is 41.1 Å². The standard InChI is InChI=1S/C16H20N4O/c1-11-4-3-5-12(10-11)18-16-19-14-7-9-17-8-6-13(14)15(20-16)21-2/h3-5,10,17H,6-9H2,1-2H3,(H,18,19,20). The van der Waals surface area contributed by atoms with Gasteiger partial charge >= 0.3 is 0 Å². The van der Waals surface area contributed by atoms with Crippen molar-refractivity contribution in [2.45, 2.75) is 19.8 Å². The number of hydrogen-bond acceptors (Lipinski definition) is 5. The molecule has 2 heterocycles. The Morgan fingerprint density at radius 2 is 2.05 bits per heavy atom. The Morgan fingerprint density at radius 1 is 1.19 bits per heavy atom. The molecule has 0 amide bonds. The zero-order chi connectivity index (χ0) is 14.7. The van der Waals surface area contributed by atoms with Crippen molar-refractivity contribution in [3.8, 4) is 5.88 Å². The maximum atomic E-state index is 5.45. The van der Waals surface area contributed by atoms with Crippen molar-refractivity contribution in [3.63, 3.8) is 0 Å². The smallest absolute Gasteiger partial charge is 0.230 e. The summed E-state index contributed by atoms with van der Waals surface area (Å²) < 4.78 is 5.45. The number of ether oxygens (including phenoxy) is 1. The first-order valence-electron chi connectivity index (χ1n) is 7.24. The Kier molecular flexibility index (Phi) is 4.01. The SMILES string of the molecule is COc1nc(Nc2cccc(C)c2)nc2c1CCNCC2. The van der Waals surface area contributed by atoms with Crippen LogP contribution in [0, 0.1) is 6.92 Å². The summed E-state index contributed by atoms with van der Waals surface area (Å²) in [7, 11) is 1.66. The highest BCUT2D eigenvalue weighted by Gasteiger charge is 2.17. The zero-order valence-corrected chi connectivity index (χ0v) is 12.4. The minimum Gasteiger partial charge on any atom is -0.481 e. The van der Waals surface area contributed by atoms with Gasteiger partial charge in [0.1, 0.15) is 0 Å². The van der Waals surface area contributed by atoms with Gasteiger partial charge in [0.2, 0.25) is 11.8 Å². The van der Waals surface area contributed by atoms with Crippen LogP contribution in [0.2, 0.25) is 0 Å². The van der Waals surface area contributed by atoms with Gasteiger partial charge in [0, 0.05) is 24.2 Å². The molecular weight excluding hydrogens is 264 g/mol. The van der Waals surface area contributed by atoms with Crippen molar-refractivity contribution in [2.24, 2.45) is 0 Å². The molecule has 0 spiro atoms. The number of nitrogens with zero attached hydrogens (tertiary/aromatic N) is 2. The second kappa shape index (κ2) is 6.10. The van der Waals surface area contributed by atoms with E-state index in [-0.39, 0.29) is 0 Å². The molecule has 0 bridgehead atoms. The number of methoxy groups -OCH3 is 1. The minimum atomic E-state index is 0.595. The van der Waals surface area contributed by atoms with Crippen LogP contribution in [0.25, 0.3) is 0 Å². The molecule has 0 aliphatic carbocycles. The largest absolute Gasteiger partial charge is 0.481 e. The Bertz CT molecular complexity index is 642. The van der Waals surface area contributed by atoms with Gasteiger partial charge < -0.3 is 15.4 Å². The second-order valence-electron chi connectivity index (χ2n) is 5.23. The average molecular weight is 284 g/mol. The highest BCUT2D eigenvalue weighted by atomic mass is 16.5. The van der Waals surface area contributed by atoms with Crippen LogP contribution in [0.4, 0.5) is 11.6 Å². The predicted octanol–water partition coefficient (Wildman–Crippen LogP) is 2.23. The van der Waals surface area contributed by atoms with E-state index in [0.29, 0.717) is 11.8 Å². The zero-order valence-electron chi connectivity index (χ0n) is 12.4. The molecule has 21 heavy (non-hydrogen) atoms. The lowest BCUT2D eigenvalue weighted by molar-refractivity contribution is 0.391. The Labute approximate surface area is 124 Å². The molecule has 1 aromatic carbocycles. The fourth-order valence-electron chi connectivity index (χ4n) is 2.59. The first-order chi connectivity index (χ1) is 10.3. The molecule has 0 radical (unpaired) electrons. The molecule has 110 valence electrons. The highest BCUT2D eigenvalue weighted by Crippen LogP contribution is 2.24. The summed E-state index contributed by atoms with van der Waals surface area (Å²) in [5.41, 5.74) is 4.38. The van der Waals surface area contributed by atoms with Gasteiger partial charge in [-0.2, -0.15) is 4.98 Å². The van der Waals surface area contributed by atoms with Crippen LogP contribution in [-0.2, 0) is 12.8 Å². The molecule has 5 heteroatoms. The van der Waals surface area contributed by atoms with E-state index in [4.69, 9.17) is 4.74 Å². The van der Waals surface area contributed by atoms with Crippen molar-refractivity contribution in [2.75, 3.05) is 25.5 Å². The normalized spacial score (nSPS) is 14.2. The third-order valence-electron chi connectivity index (χ3n) is 3.61. The second-order valence-corrected chi connectivity index (χ2v) is 5.23. The van der Waals surface area contributed by atoms with E-state index in [2.05, 4.69) is 39.7 Å². The quantitative estimate of drug-likeness (QED) is 0.905. The molecule has 1 aliphatic heterocycles. The number of aryl methyl sites for hydroxylation is 1. The lowest BCUT2D eigenvalue weighted by atomic mass is 10.1. The number of nitrogens with one attached hydrogen (secondary N) is 2. The van der Waals surface area contributed by atoms with Gasteiger partial charge in [-0.3, -0.25) is 0 Å². The van der Waals surface area contributed by atoms with Crippen LogP contribution >= 0.6 is 0 Å². The number of hydrogen-bond donors (Lipinski definition) is 2. The third-order valence-corrected chi connectivity index (χ3v) is 3.61. The van der Waals surface area contributed by atoms with Crippen molar-refractivity contribution >= 4 is 11.6 Å². The Hall–Kier alpha value is -2.14. The summed E-state index contributed by atoms with van der Waals surface area (Å²) in [6.07, 6.45) is 1.81. The van der Waals surface area contributed by atoms with E-state index in [1.807, 2.05) is 12.1 Å². The highest BCUT2D eigenvalue weighted by molar-refractivity contribution is 5.55. The van der Waals surface area contributed by atoms with E-state index >= 15 is 0 Å². The minimum absolute atomic E-state index is 0.595. The number of anilines is 2. The molecule has 0 unspecified atom stereocenters. The average Bonchev–Trinajstić information content (AvgIpc) is 2.71. The summed E-state index contributed by atoms with van der Waals surface area (Å²) in [6.45, 7) is 3.95. The molecule has 2 aromatic rings. The van der Waals surface area contributed by atoms with E-state index < -0.39 is 0 Å². The molecule has 0 fully saturated rings. The number of fused-ring (bicyclic) bond motifs is 1. The molecule has 0 saturated carbocycles. The maximum absolute atomic E-state index is 5.45. The van der Waals surface area contributed by atoms with Crippen LogP contribution in [0.1, 0.15) is 16.8 Å². The fraction of sp³-hybridized carbons (Fsp3) is 0.375. The summed E-state index contributed by atoms with van der Waals surface area (Å²) >= 11 is 0. The van der Waals surface area contributed by atoms with E-state index in [0.717, 1.165) is 42.9 Å².